The molecule has 7 aromatic rings. The van der Waals surface area contributed by atoms with E-state index in [2.05, 4.69) is 175 Å². The van der Waals surface area contributed by atoms with Crippen LogP contribution >= 0.6 is 0 Å². The minimum Gasteiger partial charge on any atom is -0.311 e. The van der Waals surface area contributed by atoms with Gasteiger partial charge in [0.1, 0.15) is 0 Å². The molecule has 11 rings (SSSR count). The number of benzene rings is 7. The molecule has 0 heterocycles. The Labute approximate surface area is 302 Å². The zero-order valence-electron chi connectivity index (χ0n) is 29.1. The van der Waals surface area contributed by atoms with Crippen molar-refractivity contribution in [3.8, 4) is 33.4 Å². The van der Waals surface area contributed by atoms with Gasteiger partial charge in [-0.3, -0.25) is 0 Å². The second kappa shape index (κ2) is 12.4. The van der Waals surface area contributed by atoms with Crippen LogP contribution in [0.4, 0.5) is 17.1 Å². The summed E-state index contributed by atoms with van der Waals surface area (Å²) in [6.07, 6.45) is 8.62. The van der Waals surface area contributed by atoms with E-state index in [0.29, 0.717) is 5.41 Å². The molecule has 0 N–H and O–H groups in total. The quantitative estimate of drug-likeness (QED) is 0.165. The summed E-state index contributed by atoms with van der Waals surface area (Å²) in [5.41, 5.74) is 13.0. The maximum absolute atomic E-state index is 2.47. The molecule has 51 heavy (non-hydrogen) atoms. The highest BCUT2D eigenvalue weighted by atomic mass is 15.1. The first-order valence-electron chi connectivity index (χ1n) is 18.9. The van der Waals surface area contributed by atoms with E-state index in [-0.39, 0.29) is 0 Å². The molecule has 0 amide bonds. The summed E-state index contributed by atoms with van der Waals surface area (Å²) < 4.78 is 0. The molecular weight excluding hydrogens is 615 g/mol. The Balaban J connectivity index is 1.01. The fourth-order valence-corrected chi connectivity index (χ4v) is 10.4. The third kappa shape index (κ3) is 5.56. The van der Waals surface area contributed by atoms with Crippen LogP contribution in [0.1, 0.15) is 44.1 Å². The van der Waals surface area contributed by atoms with Gasteiger partial charge in [0.2, 0.25) is 0 Å². The predicted molar refractivity (Wildman–Crippen MR) is 215 cm³/mol. The molecule has 0 spiro atoms. The van der Waals surface area contributed by atoms with Crippen molar-refractivity contribution < 1.29 is 0 Å². The van der Waals surface area contributed by atoms with Crippen molar-refractivity contribution in [3.05, 3.63) is 175 Å². The Morgan fingerprint density at radius 2 is 0.863 bits per heavy atom. The summed E-state index contributed by atoms with van der Waals surface area (Å²) in [6, 6.07) is 62.8. The number of fused-ring (bicyclic) bond motifs is 1. The zero-order chi connectivity index (χ0) is 33.8. The first-order chi connectivity index (χ1) is 25.2. The number of rotatable bonds is 7. The van der Waals surface area contributed by atoms with E-state index >= 15 is 0 Å². The van der Waals surface area contributed by atoms with E-state index in [1.165, 1.54) is 99.7 Å². The number of nitrogens with zero attached hydrogens (tertiary/aromatic N) is 1. The lowest BCUT2D eigenvalue weighted by atomic mass is 9.48. The minimum absolute atomic E-state index is 0.400. The van der Waals surface area contributed by atoms with Crippen LogP contribution in [0, 0.1) is 17.8 Å². The fraction of sp³-hybridized carbons (Fsp3) is 0.200. The van der Waals surface area contributed by atoms with Crippen molar-refractivity contribution in [2.75, 3.05) is 4.90 Å². The molecule has 0 radical (unpaired) electrons. The van der Waals surface area contributed by atoms with Crippen molar-refractivity contribution in [3.63, 3.8) is 0 Å². The van der Waals surface area contributed by atoms with Crippen molar-refractivity contribution in [2.24, 2.45) is 17.8 Å². The van der Waals surface area contributed by atoms with Gasteiger partial charge in [-0.1, -0.05) is 127 Å². The predicted octanol–water partition coefficient (Wildman–Crippen LogP) is 13.8. The number of hydrogen-bond acceptors (Lipinski definition) is 1. The van der Waals surface area contributed by atoms with Gasteiger partial charge in [0.05, 0.1) is 0 Å². The minimum atomic E-state index is 0.400. The van der Waals surface area contributed by atoms with E-state index in [9.17, 15) is 0 Å². The molecule has 0 aromatic heterocycles. The molecule has 0 unspecified atom stereocenters. The van der Waals surface area contributed by atoms with Crippen molar-refractivity contribution in [1.82, 2.24) is 0 Å². The van der Waals surface area contributed by atoms with Crippen LogP contribution in [0.2, 0.25) is 0 Å². The van der Waals surface area contributed by atoms with Gasteiger partial charge in [-0.2, -0.15) is 0 Å². The summed E-state index contributed by atoms with van der Waals surface area (Å²) in [5, 5.41) is 2.54. The van der Waals surface area contributed by atoms with Gasteiger partial charge in [-0.15, -0.1) is 0 Å². The average Bonchev–Trinajstić information content (AvgIpc) is 3.18. The first kappa shape index (κ1) is 30.4. The lowest BCUT2D eigenvalue weighted by Gasteiger charge is -2.57. The maximum atomic E-state index is 2.47. The summed E-state index contributed by atoms with van der Waals surface area (Å²) in [7, 11) is 0. The van der Waals surface area contributed by atoms with Gasteiger partial charge < -0.3 is 4.90 Å². The van der Waals surface area contributed by atoms with Crippen LogP contribution in [-0.2, 0) is 5.41 Å². The molecule has 4 fully saturated rings. The van der Waals surface area contributed by atoms with Crippen LogP contribution in [0.5, 0.6) is 0 Å². The Morgan fingerprint density at radius 3 is 1.43 bits per heavy atom. The van der Waals surface area contributed by atoms with Crippen molar-refractivity contribution >= 4 is 27.8 Å². The largest absolute Gasteiger partial charge is 0.311 e. The molecule has 1 nitrogen and oxygen atoms in total. The van der Waals surface area contributed by atoms with E-state index in [1.807, 2.05) is 0 Å². The van der Waals surface area contributed by atoms with Crippen molar-refractivity contribution in [1.29, 1.82) is 0 Å². The molecular formula is C50H43N. The zero-order valence-corrected chi connectivity index (χ0v) is 29.1. The van der Waals surface area contributed by atoms with Gasteiger partial charge >= 0.3 is 0 Å². The number of anilines is 3. The van der Waals surface area contributed by atoms with Crippen LogP contribution in [0.25, 0.3) is 44.2 Å². The van der Waals surface area contributed by atoms with Gasteiger partial charge in [0.25, 0.3) is 0 Å². The Bertz CT molecular complexity index is 2270. The van der Waals surface area contributed by atoms with E-state index < -0.39 is 0 Å². The second-order valence-electron chi connectivity index (χ2n) is 15.6. The molecule has 248 valence electrons. The standard InChI is InChI=1S/C50H43N/c1-3-8-38(9-4-1)39-16-22-45(23-17-39)51(47-26-20-44(21-27-47)50-32-35-28-36(33-50)30-37(29-35)34-50)46-24-18-40(19-25-46)43-15-14-42-12-7-13-48(49(42)31-43)41-10-5-2-6-11-41/h1-27,31,35-37H,28-30,32-34H2. The third-order valence-electron chi connectivity index (χ3n) is 12.4. The molecule has 0 atom stereocenters. The molecule has 7 aromatic carbocycles. The lowest BCUT2D eigenvalue weighted by molar-refractivity contribution is -0.00518. The average molecular weight is 658 g/mol. The van der Waals surface area contributed by atoms with Gasteiger partial charge in [-0.25, -0.2) is 0 Å². The molecule has 4 bridgehead atoms. The number of hydrogen-bond donors (Lipinski definition) is 0. The highest BCUT2D eigenvalue weighted by molar-refractivity contribution is 5.99. The summed E-state index contributed by atoms with van der Waals surface area (Å²) >= 11 is 0. The molecule has 4 aliphatic rings. The van der Waals surface area contributed by atoms with Crippen LogP contribution in [-0.4, -0.2) is 0 Å². The summed E-state index contributed by atoms with van der Waals surface area (Å²) in [6.45, 7) is 0. The van der Waals surface area contributed by atoms with E-state index in [1.54, 1.807) is 5.56 Å². The van der Waals surface area contributed by atoms with Gasteiger partial charge in [0.15, 0.2) is 0 Å². The molecule has 0 aliphatic heterocycles. The first-order valence-corrected chi connectivity index (χ1v) is 18.9. The molecule has 1 heteroatoms. The Morgan fingerprint density at radius 1 is 0.392 bits per heavy atom. The van der Waals surface area contributed by atoms with E-state index in [4.69, 9.17) is 0 Å². The Hall–Kier alpha value is -5.40. The summed E-state index contributed by atoms with van der Waals surface area (Å²) in [5.74, 6) is 2.84. The third-order valence-corrected chi connectivity index (χ3v) is 12.4. The monoisotopic (exact) mass is 657 g/mol. The molecule has 0 saturated heterocycles. The molecule has 4 saturated carbocycles. The summed E-state index contributed by atoms with van der Waals surface area (Å²) in [4.78, 5) is 2.43. The maximum Gasteiger partial charge on any atom is 0.0462 e. The van der Waals surface area contributed by atoms with Gasteiger partial charge in [-0.05, 0) is 154 Å². The van der Waals surface area contributed by atoms with Crippen LogP contribution < -0.4 is 4.90 Å². The normalized spacial score (nSPS) is 21.9. The Kier molecular flexibility index (Phi) is 7.41. The van der Waals surface area contributed by atoms with Crippen LogP contribution in [0.15, 0.2) is 170 Å². The fourth-order valence-electron chi connectivity index (χ4n) is 10.4. The molecule has 4 aliphatic carbocycles. The van der Waals surface area contributed by atoms with Crippen LogP contribution in [0.3, 0.4) is 0 Å². The topological polar surface area (TPSA) is 3.24 Å². The highest BCUT2D eigenvalue weighted by Crippen LogP contribution is 2.61. The van der Waals surface area contributed by atoms with Gasteiger partial charge in [0, 0.05) is 17.1 Å². The lowest BCUT2D eigenvalue weighted by Crippen LogP contribution is -2.48. The second-order valence-corrected chi connectivity index (χ2v) is 15.6. The van der Waals surface area contributed by atoms with Crippen molar-refractivity contribution in [2.45, 2.75) is 43.9 Å². The highest BCUT2D eigenvalue weighted by Gasteiger charge is 2.51. The van der Waals surface area contributed by atoms with E-state index in [0.717, 1.165) is 17.8 Å². The SMILES string of the molecule is c1ccc(-c2ccc(N(c3ccc(-c4ccc5cccc(-c6ccccc6)c5c4)cc3)c3ccc(C45CC6CC(CC(C6)C4)C5)cc3)cc2)cc1. The smallest absolute Gasteiger partial charge is 0.0462 e.